The molecule has 1 heterocycles. The lowest BCUT2D eigenvalue weighted by Crippen LogP contribution is -2.29. The Bertz CT molecular complexity index is 360. The van der Waals surface area contributed by atoms with Crippen molar-refractivity contribution in [1.29, 1.82) is 0 Å². The highest BCUT2D eigenvalue weighted by Crippen LogP contribution is 2.44. The molecule has 0 amide bonds. The smallest absolute Gasteiger partial charge is 0.347 e. The standard InChI is InChI=1S/C12H14O4/c13-11(16-10-3-4-15-12(10)14)9-6-7-1-2-8(9)5-7/h1-2,7-10H,3-6H2. The van der Waals surface area contributed by atoms with E-state index in [0.29, 0.717) is 24.9 Å². The van der Waals surface area contributed by atoms with Crippen LogP contribution in [-0.2, 0) is 19.1 Å². The summed E-state index contributed by atoms with van der Waals surface area (Å²) in [5.74, 6) is 0.212. The predicted molar refractivity (Wildman–Crippen MR) is 54.3 cm³/mol. The normalized spacial score (nSPS) is 40.1. The van der Waals surface area contributed by atoms with E-state index in [1.807, 2.05) is 0 Å². The summed E-state index contributed by atoms with van der Waals surface area (Å²) < 4.78 is 9.97. The summed E-state index contributed by atoms with van der Waals surface area (Å²) in [5.41, 5.74) is 0. The van der Waals surface area contributed by atoms with Crippen LogP contribution in [0.1, 0.15) is 19.3 Å². The lowest BCUT2D eigenvalue weighted by molar-refractivity contribution is -0.163. The predicted octanol–water partition coefficient (Wildman–Crippen LogP) is 1.06. The van der Waals surface area contributed by atoms with E-state index >= 15 is 0 Å². The molecule has 4 unspecified atom stereocenters. The van der Waals surface area contributed by atoms with Crippen molar-refractivity contribution < 1.29 is 19.1 Å². The molecule has 4 atom stereocenters. The van der Waals surface area contributed by atoms with E-state index in [2.05, 4.69) is 12.2 Å². The molecule has 3 rings (SSSR count). The molecule has 0 aromatic rings. The van der Waals surface area contributed by atoms with Gasteiger partial charge >= 0.3 is 11.9 Å². The van der Waals surface area contributed by atoms with Gasteiger partial charge in [-0.05, 0) is 24.7 Å². The molecule has 2 bridgehead atoms. The number of ether oxygens (including phenoxy) is 2. The summed E-state index contributed by atoms with van der Waals surface area (Å²) >= 11 is 0. The van der Waals surface area contributed by atoms with Crippen molar-refractivity contribution in [2.45, 2.75) is 25.4 Å². The summed E-state index contributed by atoms with van der Waals surface area (Å²) in [6, 6.07) is 0. The third-order valence-corrected chi connectivity index (χ3v) is 3.73. The van der Waals surface area contributed by atoms with Crippen LogP contribution >= 0.6 is 0 Å². The van der Waals surface area contributed by atoms with Crippen LogP contribution in [0.15, 0.2) is 12.2 Å². The number of fused-ring (bicyclic) bond motifs is 2. The fourth-order valence-electron chi connectivity index (χ4n) is 2.86. The third-order valence-electron chi connectivity index (χ3n) is 3.73. The zero-order valence-electron chi connectivity index (χ0n) is 8.93. The van der Waals surface area contributed by atoms with Crippen molar-refractivity contribution in [3.05, 3.63) is 12.2 Å². The van der Waals surface area contributed by atoms with Crippen molar-refractivity contribution in [2.24, 2.45) is 17.8 Å². The van der Waals surface area contributed by atoms with Gasteiger partial charge in [0, 0.05) is 6.42 Å². The van der Waals surface area contributed by atoms with Crippen molar-refractivity contribution in [1.82, 2.24) is 0 Å². The highest BCUT2D eigenvalue weighted by atomic mass is 16.6. The van der Waals surface area contributed by atoms with E-state index < -0.39 is 12.1 Å². The van der Waals surface area contributed by atoms with Crippen molar-refractivity contribution in [3.63, 3.8) is 0 Å². The molecule has 0 N–H and O–H groups in total. The number of carbonyl (C=O) groups is 2. The molecule has 16 heavy (non-hydrogen) atoms. The Morgan fingerprint density at radius 3 is 2.81 bits per heavy atom. The molecule has 0 radical (unpaired) electrons. The van der Waals surface area contributed by atoms with Gasteiger partial charge in [-0.15, -0.1) is 0 Å². The van der Waals surface area contributed by atoms with Crippen LogP contribution in [0, 0.1) is 17.8 Å². The first-order valence-corrected chi connectivity index (χ1v) is 5.79. The van der Waals surface area contributed by atoms with Gasteiger partial charge in [0.1, 0.15) is 0 Å². The average Bonchev–Trinajstić information content (AvgIpc) is 2.95. The van der Waals surface area contributed by atoms with Crippen molar-refractivity contribution >= 4 is 11.9 Å². The molecule has 1 saturated heterocycles. The topological polar surface area (TPSA) is 52.6 Å². The maximum atomic E-state index is 11.9. The van der Waals surface area contributed by atoms with Crippen molar-refractivity contribution in [3.8, 4) is 0 Å². The number of hydrogen-bond donors (Lipinski definition) is 0. The first-order valence-electron chi connectivity index (χ1n) is 5.79. The molecule has 86 valence electrons. The van der Waals surface area contributed by atoms with Crippen LogP contribution in [-0.4, -0.2) is 24.6 Å². The second-order valence-electron chi connectivity index (χ2n) is 4.77. The third kappa shape index (κ3) is 1.52. The van der Waals surface area contributed by atoms with Gasteiger partial charge in [-0.25, -0.2) is 4.79 Å². The van der Waals surface area contributed by atoms with Crippen LogP contribution in [0.4, 0.5) is 0 Å². The fraction of sp³-hybridized carbons (Fsp3) is 0.667. The molecular formula is C12H14O4. The van der Waals surface area contributed by atoms with E-state index in [1.54, 1.807) is 0 Å². The summed E-state index contributed by atoms with van der Waals surface area (Å²) in [6.45, 7) is 0.368. The molecule has 0 spiro atoms. The summed E-state index contributed by atoms with van der Waals surface area (Å²) in [5, 5.41) is 0. The van der Waals surface area contributed by atoms with Gasteiger partial charge in [0.15, 0.2) is 0 Å². The van der Waals surface area contributed by atoms with Gasteiger partial charge in [-0.2, -0.15) is 0 Å². The Morgan fingerprint density at radius 2 is 2.25 bits per heavy atom. The van der Waals surface area contributed by atoms with E-state index in [0.717, 1.165) is 12.8 Å². The second-order valence-corrected chi connectivity index (χ2v) is 4.77. The van der Waals surface area contributed by atoms with E-state index in [1.165, 1.54) is 0 Å². The zero-order valence-corrected chi connectivity index (χ0v) is 8.93. The largest absolute Gasteiger partial charge is 0.463 e. The first kappa shape index (κ1) is 9.87. The molecular weight excluding hydrogens is 208 g/mol. The van der Waals surface area contributed by atoms with Crippen LogP contribution in [0.2, 0.25) is 0 Å². The lowest BCUT2D eigenvalue weighted by atomic mass is 9.94. The highest BCUT2D eigenvalue weighted by molar-refractivity contribution is 5.82. The van der Waals surface area contributed by atoms with Crippen LogP contribution in [0.5, 0.6) is 0 Å². The summed E-state index contributed by atoms with van der Waals surface area (Å²) in [4.78, 5) is 23.0. The summed E-state index contributed by atoms with van der Waals surface area (Å²) in [7, 11) is 0. The molecule has 4 heteroatoms. The number of esters is 2. The number of rotatable bonds is 2. The lowest BCUT2D eigenvalue weighted by Gasteiger charge is -2.18. The monoisotopic (exact) mass is 222 g/mol. The first-order chi connectivity index (χ1) is 7.74. The second kappa shape index (κ2) is 3.61. The Morgan fingerprint density at radius 1 is 1.38 bits per heavy atom. The number of hydrogen-bond acceptors (Lipinski definition) is 4. The maximum absolute atomic E-state index is 11.9. The summed E-state index contributed by atoms with van der Waals surface area (Å²) in [6.07, 6.45) is 6.07. The molecule has 0 aromatic heterocycles. The molecule has 2 aliphatic carbocycles. The zero-order chi connectivity index (χ0) is 11.1. The van der Waals surface area contributed by atoms with Gasteiger partial charge in [0.25, 0.3) is 0 Å². The van der Waals surface area contributed by atoms with Crippen LogP contribution < -0.4 is 0 Å². The van der Waals surface area contributed by atoms with E-state index in [9.17, 15) is 9.59 Å². The Labute approximate surface area is 93.6 Å². The molecule has 1 aliphatic heterocycles. The van der Waals surface area contributed by atoms with Crippen molar-refractivity contribution in [2.75, 3.05) is 6.61 Å². The molecule has 4 nitrogen and oxygen atoms in total. The molecule has 1 saturated carbocycles. The SMILES string of the molecule is O=C1OCCC1OC(=O)C1CC2C=CC1C2. The number of carbonyl (C=O) groups excluding carboxylic acids is 2. The van der Waals surface area contributed by atoms with Gasteiger partial charge in [0.05, 0.1) is 12.5 Å². The van der Waals surface area contributed by atoms with Gasteiger partial charge in [0.2, 0.25) is 6.10 Å². The molecule has 0 aromatic carbocycles. The average molecular weight is 222 g/mol. The fourth-order valence-corrected chi connectivity index (χ4v) is 2.86. The van der Waals surface area contributed by atoms with Gasteiger partial charge < -0.3 is 9.47 Å². The van der Waals surface area contributed by atoms with Crippen LogP contribution in [0.3, 0.4) is 0 Å². The highest BCUT2D eigenvalue weighted by Gasteiger charge is 2.42. The molecule has 2 fully saturated rings. The Balaban J connectivity index is 1.61. The van der Waals surface area contributed by atoms with Crippen LogP contribution in [0.25, 0.3) is 0 Å². The quantitative estimate of drug-likeness (QED) is 0.518. The Hall–Kier alpha value is -1.32. The van der Waals surface area contributed by atoms with Gasteiger partial charge in [-0.3, -0.25) is 4.79 Å². The minimum atomic E-state index is -0.657. The number of cyclic esters (lactones) is 1. The minimum absolute atomic E-state index is 0.0385. The Kier molecular flexibility index (Phi) is 2.23. The number of allylic oxidation sites excluding steroid dienone is 2. The minimum Gasteiger partial charge on any atom is -0.463 e. The maximum Gasteiger partial charge on any atom is 0.347 e. The van der Waals surface area contributed by atoms with E-state index in [-0.39, 0.29) is 11.9 Å². The van der Waals surface area contributed by atoms with Gasteiger partial charge in [-0.1, -0.05) is 12.2 Å². The van der Waals surface area contributed by atoms with E-state index in [4.69, 9.17) is 9.47 Å². The molecule has 3 aliphatic rings.